The fraction of sp³-hybridized carbons (Fsp3) is 0.581. The second-order valence-electron chi connectivity index (χ2n) is 28.2. The molecule has 3 aromatic carbocycles. The number of aryl methyl sites for hydroxylation is 1. The lowest BCUT2D eigenvalue weighted by atomic mass is 9.33. The molecule has 1 aromatic heterocycles. The molecule has 0 bridgehead atoms. The molecule has 348 valence electrons. The fourth-order valence-electron chi connectivity index (χ4n) is 14.5. The summed E-state index contributed by atoms with van der Waals surface area (Å²) in [7, 11) is 0. The number of allylic oxidation sites excluding steroid dienone is 3. The Morgan fingerprint density at radius 3 is 1.56 bits per heavy atom. The van der Waals surface area contributed by atoms with Crippen molar-refractivity contribution in [3.63, 3.8) is 0 Å². The highest BCUT2D eigenvalue weighted by molar-refractivity contribution is 6.94. The van der Waals surface area contributed by atoms with Crippen LogP contribution in [-0.2, 0) is 43.3 Å². The fourth-order valence-corrected chi connectivity index (χ4v) is 14.5. The summed E-state index contributed by atoms with van der Waals surface area (Å²) in [5, 5.41) is 0. The molecule has 1 atom stereocenters. The summed E-state index contributed by atoms with van der Waals surface area (Å²) in [4.78, 5) is 5.56. The van der Waals surface area contributed by atoms with Gasteiger partial charge in [-0.2, -0.15) is 0 Å². The maximum atomic E-state index is 7.84. The van der Waals surface area contributed by atoms with Crippen molar-refractivity contribution in [2.75, 3.05) is 9.80 Å². The molecule has 0 radical (unpaired) electrons. The van der Waals surface area contributed by atoms with Crippen LogP contribution < -0.4 is 20.9 Å². The third kappa shape index (κ3) is 6.12. The van der Waals surface area contributed by atoms with Crippen molar-refractivity contribution in [2.45, 2.75) is 226 Å². The molecular formula is C62H81BN2O. The van der Waals surface area contributed by atoms with E-state index >= 15 is 0 Å². The van der Waals surface area contributed by atoms with E-state index in [2.05, 4.69) is 183 Å². The van der Waals surface area contributed by atoms with Gasteiger partial charge in [0.2, 0.25) is 0 Å². The molecule has 66 heavy (non-hydrogen) atoms. The molecular weight excluding hydrogens is 800 g/mol. The summed E-state index contributed by atoms with van der Waals surface area (Å²) in [6.07, 6.45) is 13.1. The van der Waals surface area contributed by atoms with E-state index in [-0.39, 0.29) is 50.0 Å². The Hall–Kier alpha value is -3.92. The van der Waals surface area contributed by atoms with Crippen LogP contribution in [0.1, 0.15) is 226 Å². The summed E-state index contributed by atoms with van der Waals surface area (Å²) in [5.74, 6) is 1.55. The predicted octanol–water partition coefficient (Wildman–Crippen LogP) is 15.6. The molecule has 5 aliphatic carbocycles. The minimum Gasteiger partial charge on any atom is -0.472 e. The van der Waals surface area contributed by atoms with Gasteiger partial charge in [0.15, 0.2) is 0 Å². The molecule has 0 N–H and O–H groups in total. The number of furan rings is 1. The number of anilines is 4. The van der Waals surface area contributed by atoms with Crippen molar-refractivity contribution in [2.24, 2.45) is 5.92 Å². The molecule has 0 saturated carbocycles. The van der Waals surface area contributed by atoms with Crippen LogP contribution in [0.3, 0.4) is 0 Å². The molecule has 0 amide bonds. The average molecular weight is 881 g/mol. The third-order valence-corrected chi connectivity index (χ3v) is 19.5. The monoisotopic (exact) mass is 881 g/mol. The average Bonchev–Trinajstić information content (AvgIpc) is 3.64. The highest BCUT2D eigenvalue weighted by atomic mass is 16.3. The Bertz CT molecular complexity index is 2840. The van der Waals surface area contributed by atoms with Crippen LogP contribution in [0.5, 0.6) is 0 Å². The van der Waals surface area contributed by atoms with Gasteiger partial charge in [0.1, 0.15) is 5.76 Å². The first-order valence-electron chi connectivity index (χ1n) is 26.2. The molecule has 4 aromatic rings. The van der Waals surface area contributed by atoms with Crippen LogP contribution in [0.25, 0.3) is 0 Å². The Kier molecular flexibility index (Phi) is 9.08. The Balaban J connectivity index is 1.28. The molecule has 11 rings (SSSR count). The topological polar surface area (TPSA) is 19.6 Å². The van der Waals surface area contributed by atoms with E-state index in [0.29, 0.717) is 5.92 Å². The molecule has 4 heteroatoms. The van der Waals surface area contributed by atoms with Crippen molar-refractivity contribution in [3.8, 4) is 0 Å². The first-order chi connectivity index (χ1) is 30.5. The van der Waals surface area contributed by atoms with Gasteiger partial charge in [0, 0.05) is 39.4 Å². The normalized spacial score (nSPS) is 25.9. The van der Waals surface area contributed by atoms with Gasteiger partial charge in [-0.15, -0.1) is 0 Å². The first-order valence-corrected chi connectivity index (χ1v) is 26.2. The number of nitrogens with zero attached hydrogens (tertiary/aromatic N) is 2. The van der Waals surface area contributed by atoms with Gasteiger partial charge in [-0.25, -0.2) is 0 Å². The number of benzene rings is 3. The highest BCUT2D eigenvalue weighted by Crippen LogP contribution is 2.59. The van der Waals surface area contributed by atoms with E-state index in [1.807, 2.05) is 0 Å². The largest absolute Gasteiger partial charge is 0.472 e. The molecule has 0 spiro atoms. The lowest BCUT2D eigenvalue weighted by Crippen LogP contribution is -2.57. The van der Waals surface area contributed by atoms with Gasteiger partial charge in [0.25, 0.3) is 6.71 Å². The smallest absolute Gasteiger partial charge is 0.296 e. The zero-order chi connectivity index (χ0) is 47.4. The second-order valence-corrected chi connectivity index (χ2v) is 28.2. The SMILES string of the molecule is Cc1cc2c(cc1N1C3=C4B(c5cc6c(cc51)C(C)(C)CCC6(C)C)c1oc5c(c1N(c1ccc6c(c1)C(C)(C)CCC6(C)C)C4=CC(C)C3)C(C)(C)CCC5(C)C)C(C)(C)CCC2(C)C. The lowest BCUT2D eigenvalue weighted by molar-refractivity contribution is 0.282. The van der Waals surface area contributed by atoms with Crippen LogP contribution in [0.4, 0.5) is 22.7 Å². The molecule has 0 saturated heterocycles. The van der Waals surface area contributed by atoms with Crippen molar-refractivity contribution in [1.82, 2.24) is 0 Å². The van der Waals surface area contributed by atoms with E-state index in [1.54, 1.807) is 0 Å². The first kappa shape index (κ1) is 44.6. The molecule has 3 nitrogen and oxygen atoms in total. The van der Waals surface area contributed by atoms with E-state index < -0.39 is 0 Å². The maximum Gasteiger partial charge on any atom is 0.296 e. The van der Waals surface area contributed by atoms with Crippen molar-refractivity contribution >= 4 is 40.6 Å². The van der Waals surface area contributed by atoms with Crippen LogP contribution >= 0.6 is 0 Å². The zero-order valence-electron chi connectivity index (χ0n) is 44.4. The summed E-state index contributed by atoms with van der Waals surface area (Å²) in [5.41, 5.74) is 24.7. The van der Waals surface area contributed by atoms with E-state index in [4.69, 9.17) is 4.42 Å². The zero-order valence-corrected chi connectivity index (χ0v) is 44.4. The summed E-state index contributed by atoms with van der Waals surface area (Å²) >= 11 is 0. The lowest BCUT2D eigenvalue weighted by Gasteiger charge is -2.50. The number of hydrogen-bond acceptors (Lipinski definition) is 3. The van der Waals surface area contributed by atoms with Crippen LogP contribution in [0.15, 0.2) is 69.8 Å². The Morgan fingerprint density at radius 2 is 0.985 bits per heavy atom. The van der Waals surface area contributed by atoms with Crippen LogP contribution in [0, 0.1) is 12.8 Å². The van der Waals surface area contributed by atoms with Gasteiger partial charge in [-0.1, -0.05) is 142 Å². The number of rotatable bonds is 2. The van der Waals surface area contributed by atoms with Gasteiger partial charge in [-0.05, 0) is 183 Å². The van der Waals surface area contributed by atoms with Gasteiger partial charge in [0.05, 0.1) is 11.3 Å². The van der Waals surface area contributed by atoms with Gasteiger partial charge in [-0.3, -0.25) is 0 Å². The molecule has 0 fully saturated rings. The Morgan fingerprint density at radius 1 is 0.515 bits per heavy atom. The minimum atomic E-state index is -0.0774. The minimum absolute atomic E-state index is 0.0131. The summed E-state index contributed by atoms with van der Waals surface area (Å²) in [6.45, 7) is 44.6. The Labute approximate surface area is 400 Å². The number of fused-ring (bicyclic) bond motifs is 9. The predicted molar refractivity (Wildman–Crippen MR) is 282 cm³/mol. The van der Waals surface area contributed by atoms with Crippen LogP contribution in [0.2, 0.25) is 0 Å². The molecule has 3 heterocycles. The standard InChI is InChI=1S/C62H81BN2O/c1-36-29-48-51-49(30-36)65(46-34-43-40(31-37(46)2)56(5,6)23-25-59(43,11)12)47-35-44-42(58(9,10)24-26-60(44,13)14)33-45(47)63(51)54-52(50-53(66-54)62(17,18)28-27-61(50,15)16)64(48)38-19-20-39-41(32-38)57(7,8)22-21-55(39,3)4/h19-20,29,31-36H,21-28,30H2,1-18H3. The maximum absolute atomic E-state index is 7.84. The van der Waals surface area contributed by atoms with Gasteiger partial charge >= 0.3 is 0 Å². The molecule has 2 aliphatic heterocycles. The van der Waals surface area contributed by atoms with Gasteiger partial charge < -0.3 is 14.2 Å². The quantitative estimate of drug-likeness (QED) is 0.187. The van der Waals surface area contributed by atoms with E-state index in [9.17, 15) is 0 Å². The van der Waals surface area contributed by atoms with Crippen molar-refractivity contribution < 1.29 is 4.42 Å². The van der Waals surface area contributed by atoms with Crippen LogP contribution in [-0.4, -0.2) is 6.71 Å². The summed E-state index contributed by atoms with van der Waals surface area (Å²) < 4.78 is 7.84. The summed E-state index contributed by atoms with van der Waals surface area (Å²) in [6, 6.07) is 18.3. The number of hydrogen-bond donors (Lipinski definition) is 0. The van der Waals surface area contributed by atoms with E-state index in [1.165, 1.54) is 140 Å². The third-order valence-electron chi connectivity index (χ3n) is 19.5. The highest BCUT2D eigenvalue weighted by Gasteiger charge is 2.55. The van der Waals surface area contributed by atoms with Crippen molar-refractivity contribution in [3.05, 3.63) is 116 Å². The molecule has 1 unspecified atom stereocenters. The second kappa shape index (κ2) is 13.4. The van der Waals surface area contributed by atoms with E-state index in [0.717, 1.165) is 19.3 Å². The molecule has 7 aliphatic rings. The van der Waals surface area contributed by atoms with Crippen molar-refractivity contribution in [1.29, 1.82) is 0 Å².